The van der Waals surface area contributed by atoms with Crippen LogP contribution in [0, 0.1) is 0 Å². The van der Waals surface area contributed by atoms with Crippen LogP contribution in [0.3, 0.4) is 0 Å². The fourth-order valence-electron chi connectivity index (χ4n) is 0.739. The Bertz CT molecular complexity index is 259. The molecule has 0 fully saturated rings. The van der Waals surface area contributed by atoms with Crippen LogP contribution in [0.5, 0.6) is 0 Å². The molecule has 66 valence electrons. The maximum absolute atomic E-state index is 10.5. The van der Waals surface area contributed by atoms with Gasteiger partial charge in [0.2, 0.25) is 0 Å². The molecule has 0 unspecified atom stereocenters. The summed E-state index contributed by atoms with van der Waals surface area (Å²) < 4.78 is 0. The van der Waals surface area contributed by atoms with Crippen LogP contribution in [-0.2, 0) is 4.79 Å². The zero-order valence-corrected chi connectivity index (χ0v) is 7.29. The Kier molecular flexibility index (Phi) is 3.76. The molecule has 4 nitrogen and oxygen atoms in total. The summed E-state index contributed by atoms with van der Waals surface area (Å²) in [6.45, 7) is 6.66. The number of carbonyl (C=O) groups is 1. The molecule has 0 saturated heterocycles. The van der Waals surface area contributed by atoms with E-state index in [1.165, 1.54) is 0 Å². The van der Waals surface area contributed by atoms with Gasteiger partial charge in [-0.1, -0.05) is 6.58 Å². The summed E-state index contributed by atoms with van der Waals surface area (Å²) in [5.74, 6) is 0.160. The minimum absolute atomic E-state index is 0.160. The number of hydrogen-bond donors (Lipinski definition) is 2. The minimum Gasteiger partial charge on any atom is -0.402 e. The summed E-state index contributed by atoms with van der Waals surface area (Å²) in [4.78, 5) is 14.3. The lowest BCUT2D eigenvalue weighted by Crippen LogP contribution is -2.09. The smallest absolute Gasteiger partial charge is 0.153 e. The first-order valence-electron chi connectivity index (χ1n) is 3.40. The fourth-order valence-corrected chi connectivity index (χ4v) is 0.739. The monoisotopic (exact) mass is 167 g/mol. The molecule has 0 radical (unpaired) electrons. The first kappa shape index (κ1) is 10.4. The van der Waals surface area contributed by atoms with E-state index in [0.717, 1.165) is 0 Å². The summed E-state index contributed by atoms with van der Waals surface area (Å²) in [6, 6.07) is 0. The molecule has 4 heteroatoms. The minimum atomic E-state index is 0.160. The molecule has 0 aromatic rings. The van der Waals surface area contributed by atoms with Gasteiger partial charge in [-0.2, -0.15) is 0 Å². The third-order valence-corrected chi connectivity index (χ3v) is 1.24. The molecule has 0 heterocycles. The van der Waals surface area contributed by atoms with Gasteiger partial charge in [0.25, 0.3) is 0 Å². The van der Waals surface area contributed by atoms with Crippen molar-refractivity contribution in [2.75, 3.05) is 0 Å². The van der Waals surface area contributed by atoms with Gasteiger partial charge < -0.3 is 11.5 Å². The van der Waals surface area contributed by atoms with Crippen LogP contribution in [-0.4, -0.2) is 12.0 Å². The third kappa shape index (κ3) is 3.01. The van der Waals surface area contributed by atoms with E-state index in [-0.39, 0.29) is 5.82 Å². The molecule has 0 bridgehead atoms. The lowest BCUT2D eigenvalue weighted by molar-refractivity contribution is -0.104. The van der Waals surface area contributed by atoms with Gasteiger partial charge in [0.1, 0.15) is 5.82 Å². The van der Waals surface area contributed by atoms with E-state index in [4.69, 9.17) is 11.5 Å². The van der Waals surface area contributed by atoms with Crippen LogP contribution in [0.2, 0.25) is 0 Å². The Labute approximate surface area is 71.7 Å². The molecular weight excluding hydrogens is 154 g/mol. The molecule has 0 aliphatic rings. The van der Waals surface area contributed by atoms with Crippen molar-refractivity contribution in [2.24, 2.45) is 16.5 Å². The number of nitrogens with zero attached hydrogens (tertiary/aromatic N) is 1. The number of carbonyl (C=O) groups excluding carboxylic acids is 1. The summed E-state index contributed by atoms with van der Waals surface area (Å²) in [7, 11) is 0. The Morgan fingerprint density at radius 2 is 1.92 bits per heavy atom. The average molecular weight is 167 g/mol. The van der Waals surface area contributed by atoms with Crippen molar-refractivity contribution >= 4 is 12.0 Å². The van der Waals surface area contributed by atoms with E-state index in [9.17, 15) is 4.79 Å². The lowest BCUT2D eigenvalue weighted by atomic mass is 10.1. The molecule has 0 atom stereocenters. The maximum atomic E-state index is 10.5. The normalized spacial score (nSPS) is 13.7. The highest BCUT2D eigenvalue weighted by Crippen LogP contribution is 1.99. The molecule has 12 heavy (non-hydrogen) atoms. The molecule has 0 amide bonds. The second-order valence-electron chi connectivity index (χ2n) is 2.40. The van der Waals surface area contributed by atoms with Crippen molar-refractivity contribution in [1.29, 1.82) is 0 Å². The van der Waals surface area contributed by atoms with Crippen molar-refractivity contribution in [2.45, 2.75) is 13.8 Å². The highest BCUT2D eigenvalue weighted by Gasteiger charge is 2.02. The third-order valence-electron chi connectivity index (χ3n) is 1.24. The second-order valence-corrected chi connectivity index (χ2v) is 2.40. The van der Waals surface area contributed by atoms with Gasteiger partial charge in [-0.15, -0.1) is 0 Å². The van der Waals surface area contributed by atoms with Crippen molar-refractivity contribution in [3.05, 3.63) is 23.7 Å². The van der Waals surface area contributed by atoms with Crippen molar-refractivity contribution in [1.82, 2.24) is 0 Å². The van der Waals surface area contributed by atoms with Crippen LogP contribution < -0.4 is 11.5 Å². The second kappa shape index (κ2) is 4.33. The molecule has 0 aliphatic heterocycles. The summed E-state index contributed by atoms with van der Waals surface area (Å²) in [6.07, 6.45) is 0.650. The van der Waals surface area contributed by atoms with Crippen LogP contribution in [0.4, 0.5) is 0 Å². The molecule has 4 N–H and O–H groups in total. The molecule has 0 aromatic heterocycles. The zero-order chi connectivity index (χ0) is 9.72. The van der Waals surface area contributed by atoms with Crippen molar-refractivity contribution < 1.29 is 4.79 Å². The average Bonchev–Trinajstić information content (AvgIpc) is 1.85. The molecule has 0 spiro atoms. The lowest BCUT2D eigenvalue weighted by Gasteiger charge is -2.00. The first-order valence-corrected chi connectivity index (χ1v) is 3.40. The van der Waals surface area contributed by atoms with Crippen LogP contribution in [0.1, 0.15) is 13.8 Å². The summed E-state index contributed by atoms with van der Waals surface area (Å²) >= 11 is 0. The van der Waals surface area contributed by atoms with E-state index >= 15 is 0 Å². The van der Waals surface area contributed by atoms with E-state index < -0.39 is 0 Å². The van der Waals surface area contributed by atoms with E-state index in [0.29, 0.717) is 23.3 Å². The molecule has 0 aromatic carbocycles. The number of rotatable bonds is 3. The number of aliphatic imine (C=N–C) groups is 1. The molecule has 0 aliphatic carbocycles. The standard InChI is InChI=1S/C8H13N3O/c1-5(9)8(4-12)6(2)11-7(3)10/h4H,3,9-10H2,1-2H3/b8-5-,11-6-. The van der Waals surface area contributed by atoms with Crippen LogP contribution >= 0.6 is 0 Å². The Morgan fingerprint density at radius 3 is 2.17 bits per heavy atom. The molecular formula is C8H13N3O. The van der Waals surface area contributed by atoms with E-state index in [2.05, 4.69) is 11.6 Å². The highest BCUT2D eigenvalue weighted by molar-refractivity contribution is 6.14. The SMILES string of the molecule is C=C(N)/N=C(C)\C(C=O)=C(\C)N. The summed E-state index contributed by atoms with van der Waals surface area (Å²) in [5, 5.41) is 0. The summed E-state index contributed by atoms with van der Waals surface area (Å²) in [5.41, 5.74) is 11.9. The van der Waals surface area contributed by atoms with Crippen molar-refractivity contribution in [3.63, 3.8) is 0 Å². The van der Waals surface area contributed by atoms with Crippen LogP contribution in [0.25, 0.3) is 0 Å². The van der Waals surface area contributed by atoms with E-state index in [1.807, 2.05) is 0 Å². The van der Waals surface area contributed by atoms with Gasteiger partial charge in [-0.25, -0.2) is 4.99 Å². The Morgan fingerprint density at radius 1 is 1.42 bits per heavy atom. The fraction of sp³-hybridized carbons (Fsp3) is 0.250. The van der Waals surface area contributed by atoms with Gasteiger partial charge in [-0.05, 0) is 13.8 Å². The largest absolute Gasteiger partial charge is 0.402 e. The molecule has 0 rings (SSSR count). The van der Waals surface area contributed by atoms with Gasteiger partial charge in [-0.3, -0.25) is 4.79 Å². The maximum Gasteiger partial charge on any atom is 0.153 e. The first-order chi connectivity index (χ1) is 5.49. The zero-order valence-electron chi connectivity index (χ0n) is 7.29. The highest BCUT2D eigenvalue weighted by atomic mass is 16.1. The Hall–Kier alpha value is -1.58. The number of nitrogens with two attached hydrogens (primary N) is 2. The number of hydrogen-bond acceptors (Lipinski definition) is 4. The van der Waals surface area contributed by atoms with Crippen LogP contribution in [0.15, 0.2) is 28.7 Å². The number of aldehydes is 1. The predicted octanol–water partition coefficient (Wildman–Crippen LogP) is 0.309. The van der Waals surface area contributed by atoms with E-state index in [1.54, 1.807) is 13.8 Å². The van der Waals surface area contributed by atoms with Gasteiger partial charge in [0.15, 0.2) is 6.29 Å². The number of allylic oxidation sites excluding steroid dienone is 2. The topological polar surface area (TPSA) is 81.5 Å². The van der Waals surface area contributed by atoms with Crippen molar-refractivity contribution in [3.8, 4) is 0 Å². The van der Waals surface area contributed by atoms with Gasteiger partial charge in [0.05, 0.1) is 11.3 Å². The van der Waals surface area contributed by atoms with Gasteiger partial charge >= 0.3 is 0 Å². The van der Waals surface area contributed by atoms with Gasteiger partial charge in [0, 0.05) is 5.70 Å². The Balaban J connectivity index is 4.90. The molecule has 0 saturated carbocycles. The quantitative estimate of drug-likeness (QED) is 0.360. The predicted molar refractivity (Wildman–Crippen MR) is 49.4 cm³/mol.